The number of hydrogen-bond donors (Lipinski definition) is 3. The van der Waals surface area contributed by atoms with Crippen LogP contribution in [-0.4, -0.2) is 46.8 Å². The van der Waals surface area contributed by atoms with Crippen molar-refractivity contribution < 1.29 is 8.42 Å². The Hall–Kier alpha value is -1.60. The number of rotatable bonds is 9. The molecule has 0 saturated heterocycles. The van der Waals surface area contributed by atoms with E-state index in [0.717, 1.165) is 31.7 Å². The quantitative estimate of drug-likeness (QED) is 0.355. The minimum absolute atomic E-state index is 0.407. The van der Waals surface area contributed by atoms with E-state index in [4.69, 9.17) is 0 Å². The van der Waals surface area contributed by atoms with E-state index >= 15 is 0 Å². The summed E-state index contributed by atoms with van der Waals surface area (Å²) in [5.41, 5.74) is 3.88. The van der Waals surface area contributed by atoms with Crippen molar-refractivity contribution in [2.45, 2.75) is 33.6 Å². The van der Waals surface area contributed by atoms with Crippen molar-refractivity contribution in [1.82, 2.24) is 15.4 Å². The van der Waals surface area contributed by atoms with E-state index in [1.165, 1.54) is 16.7 Å². The molecule has 0 saturated carbocycles. The lowest BCUT2D eigenvalue weighted by atomic mass is 10.1. The van der Waals surface area contributed by atoms with Gasteiger partial charge in [0, 0.05) is 26.2 Å². The number of nitrogens with one attached hydrogen (secondary N) is 3. The second kappa shape index (κ2) is 10.3. The Morgan fingerprint density at radius 3 is 2.33 bits per heavy atom. The fourth-order valence-electron chi connectivity index (χ4n) is 2.41. The molecule has 24 heavy (non-hydrogen) atoms. The molecular weight excluding hydrogens is 324 g/mol. The summed E-state index contributed by atoms with van der Waals surface area (Å²) in [5.74, 6) is 0.765. The van der Waals surface area contributed by atoms with Crippen LogP contribution < -0.4 is 15.4 Å². The van der Waals surface area contributed by atoms with Crippen LogP contribution in [0.2, 0.25) is 0 Å². The largest absolute Gasteiger partial charge is 0.357 e. The minimum Gasteiger partial charge on any atom is -0.357 e. The molecule has 0 amide bonds. The Balaban J connectivity index is 2.40. The molecule has 0 bridgehead atoms. The summed E-state index contributed by atoms with van der Waals surface area (Å²) in [6.45, 7) is 8.81. The van der Waals surface area contributed by atoms with Crippen molar-refractivity contribution in [2.24, 2.45) is 4.99 Å². The zero-order valence-corrected chi connectivity index (χ0v) is 16.0. The number of benzene rings is 1. The lowest BCUT2D eigenvalue weighted by molar-refractivity contribution is 0.585. The van der Waals surface area contributed by atoms with Crippen LogP contribution in [0.25, 0.3) is 0 Å². The SMILES string of the molecule is CCNC(=NCCCNS(C)(=O)=O)NCCc1cc(C)cc(C)c1. The Morgan fingerprint density at radius 1 is 1.08 bits per heavy atom. The first-order chi connectivity index (χ1) is 11.3. The van der Waals surface area contributed by atoms with E-state index in [9.17, 15) is 8.42 Å². The number of guanidine groups is 1. The highest BCUT2D eigenvalue weighted by Gasteiger charge is 2.01. The molecule has 7 heteroatoms. The Morgan fingerprint density at radius 2 is 1.75 bits per heavy atom. The number of sulfonamides is 1. The molecule has 0 heterocycles. The van der Waals surface area contributed by atoms with Crippen LogP contribution in [0.1, 0.15) is 30.0 Å². The molecule has 0 aliphatic carbocycles. The van der Waals surface area contributed by atoms with Gasteiger partial charge in [0.25, 0.3) is 0 Å². The second-order valence-electron chi connectivity index (χ2n) is 5.95. The smallest absolute Gasteiger partial charge is 0.208 e. The van der Waals surface area contributed by atoms with Crippen molar-refractivity contribution in [3.63, 3.8) is 0 Å². The average Bonchev–Trinajstić information content (AvgIpc) is 2.44. The summed E-state index contributed by atoms with van der Waals surface area (Å²) in [6, 6.07) is 6.58. The van der Waals surface area contributed by atoms with Gasteiger partial charge in [-0.15, -0.1) is 0 Å². The van der Waals surface area contributed by atoms with Crippen LogP contribution in [0.3, 0.4) is 0 Å². The van der Waals surface area contributed by atoms with E-state index in [2.05, 4.69) is 52.4 Å². The Labute approximate surface area is 146 Å². The summed E-state index contributed by atoms with van der Waals surface area (Å²) in [5, 5.41) is 6.51. The van der Waals surface area contributed by atoms with E-state index in [1.807, 2.05) is 6.92 Å². The molecular formula is C17H30N4O2S. The predicted octanol–water partition coefficient (Wildman–Crippen LogP) is 1.34. The van der Waals surface area contributed by atoms with Crippen LogP contribution in [-0.2, 0) is 16.4 Å². The monoisotopic (exact) mass is 354 g/mol. The van der Waals surface area contributed by atoms with Gasteiger partial charge in [0.1, 0.15) is 0 Å². The third kappa shape index (κ3) is 9.52. The normalized spacial score (nSPS) is 12.2. The summed E-state index contributed by atoms with van der Waals surface area (Å²) in [7, 11) is -3.12. The van der Waals surface area contributed by atoms with Gasteiger partial charge in [-0.05, 0) is 39.2 Å². The number of nitrogens with zero attached hydrogens (tertiary/aromatic N) is 1. The van der Waals surface area contributed by atoms with Crippen LogP contribution in [0.15, 0.2) is 23.2 Å². The first kappa shape index (κ1) is 20.4. The highest BCUT2D eigenvalue weighted by atomic mass is 32.2. The summed E-state index contributed by atoms with van der Waals surface area (Å²) in [6.07, 6.45) is 2.76. The predicted molar refractivity (Wildman–Crippen MR) is 101 cm³/mol. The first-order valence-corrected chi connectivity index (χ1v) is 10.2. The van der Waals surface area contributed by atoms with Gasteiger partial charge in [-0.25, -0.2) is 13.1 Å². The molecule has 0 radical (unpaired) electrons. The van der Waals surface area contributed by atoms with Crippen LogP contribution >= 0.6 is 0 Å². The molecule has 1 aromatic carbocycles. The fourth-order valence-corrected chi connectivity index (χ4v) is 2.92. The van der Waals surface area contributed by atoms with Crippen LogP contribution in [0, 0.1) is 13.8 Å². The van der Waals surface area contributed by atoms with E-state index in [-0.39, 0.29) is 0 Å². The third-order valence-corrected chi connectivity index (χ3v) is 4.03. The zero-order valence-electron chi connectivity index (χ0n) is 15.1. The van der Waals surface area contributed by atoms with Gasteiger partial charge in [-0.1, -0.05) is 29.3 Å². The summed E-state index contributed by atoms with van der Waals surface area (Å²) in [4.78, 5) is 4.46. The molecule has 0 fully saturated rings. The van der Waals surface area contributed by atoms with Crippen molar-refractivity contribution in [3.05, 3.63) is 34.9 Å². The van der Waals surface area contributed by atoms with Crippen molar-refractivity contribution in [2.75, 3.05) is 32.4 Å². The minimum atomic E-state index is -3.12. The van der Waals surface area contributed by atoms with Gasteiger partial charge in [-0.3, -0.25) is 4.99 Å². The van der Waals surface area contributed by atoms with Gasteiger partial charge >= 0.3 is 0 Å². The van der Waals surface area contributed by atoms with Crippen LogP contribution in [0.5, 0.6) is 0 Å². The molecule has 0 atom stereocenters. The van der Waals surface area contributed by atoms with E-state index < -0.39 is 10.0 Å². The molecule has 1 rings (SSSR count). The molecule has 0 aliphatic rings. The molecule has 0 aliphatic heterocycles. The lowest BCUT2D eigenvalue weighted by Crippen LogP contribution is -2.38. The Kier molecular flexibility index (Phi) is 8.78. The maximum absolute atomic E-state index is 11.0. The van der Waals surface area contributed by atoms with Gasteiger partial charge in [0.2, 0.25) is 10.0 Å². The van der Waals surface area contributed by atoms with Crippen molar-refractivity contribution in [3.8, 4) is 0 Å². The van der Waals surface area contributed by atoms with Gasteiger partial charge in [0.05, 0.1) is 6.26 Å². The molecule has 3 N–H and O–H groups in total. The number of aryl methyl sites for hydroxylation is 2. The maximum atomic E-state index is 11.0. The molecule has 6 nitrogen and oxygen atoms in total. The number of hydrogen-bond acceptors (Lipinski definition) is 3. The zero-order chi connectivity index (χ0) is 18.0. The lowest BCUT2D eigenvalue weighted by Gasteiger charge is -2.12. The summed E-state index contributed by atoms with van der Waals surface area (Å²) >= 11 is 0. The molecule has 1 aromatic rings. The molecule has 0 unspecified atom stereocenters. The fraction of sp³-hybridized carbons (Fsp3) is 0.588. The molecule has 136 valence electrons. The first-order valence-electron chi connectivity index (χ1n) is 8.34. The van der Waals surface area contributed by atoms with Crippen molar-refractivity contribution in [1.29, 1.82) is 0 Å². The van der Waals surface area contributed by atoms with Gasteiger partial charge < -0.3 is 10.6 Å². The summed E-state index contributed by atoms with van der Waals surface area (Å²) < 4.78 is 24.4. The maximum Gasteiger partial charge on any atom is 0.208 e. The molecule has 0 aromatic heterocycles. The van der Waals surface area contributed by atoms with Gasteiger partial charge in [-0.2, -0.15) is 0 Å². The van der Waals surface area contributed by atoms with Crippen molar-refractivity contribution >= 4 is 16.0 Å². The van der Waals surface area contributed by atoms with Gasteiger partial charge in [0.15, 0.2) is 5.96 Å². The topological polar surface area (TPSA) is 82.6 Å². The number of aliphatic imine (C=N–C) groups is 1. The highest BCUT2D eigenvalue weighted by Crippen LogP contribution is 2.08. The standard InChI is InChI=1S/C17H30N4O2S/c1-5-18-17(19-8-6-9-21-24(4,22)23)20-10-7-16-12-14(2)11-15(3)13-16/h11-13,21H,5-10H2,1-4H3,(H2,18,19,20). The molecule has 0 spiro atoms. The third-order valence-electron chi connectivity index (χ3n) is 3.30. The highest BCUT2D eigenvalue weighted by molar-refractivity contribution is 7.88. The second-order valence-corrected chi connectivity index (χ2v) is 7.79. The van der Waals surface area contributed by atoms with E-state index in [0.29, 0.717) is 19.5 Å². The van der Waals surface area contributed by atoms with E-state index in [1.54, 1.807) is 0 Å². The van der Waals surface area contributed by atoms with Crippen LogP contribution in [0.4, 0.5) is 0 Å². The average molecular weight is 355 g/mol. The Bertz CT molecular complexity index is 622.